The van der Waals surface area contributed by atoms with Gasteiger partial charge in [0.25, 0.3) is 0 Å². The molecule has 2 heteroatoms. The molecule has 1 rings (SSSR count). The van der Waals surface area contributed by atoms with Gasteiger partial charge in [-0.25, -0.2) is 0 Å². The van der Waals surface area contributed by atoms with Gasteiger partial charge in [-0.15, -0.1) is 0 Å². The van der Waals surface area contributed by atoms with E-state index in [9.17, 15) is 0 Å². The van der Waals surface area contributed by atoms with Crippen LogP contribution in [0.3, 0.4) is 0 Å². The van der Waals surface area contributed by atoms with E-state index in [1.807, 2.05) is 18.2 Å². The highest BCUT2D eigenvalue weighted by Gasteiger charge is 2.14. The number of nitrogens with two attached hydrogens (primary N) is 1. The molecule has 0 aromatic heterocycles. The molecule has 1 nitrogen and oxygen atoms in total. The van der Waals surface area contributed by atoms with Gasteiger partial charge in [-0.1, -0.05) is 54.4 Å². The quantitative estimate of drug-likeness (QED) is 0.862. The van der Waals surface area contributed by atoms with Gasteiger partial charge in [0.1, 0.15) is 0 Å². The summed E-state index contributed by atoms with van der Waals surface area (Å²) in [6.07, 6.45) is 1.11. The zero-order valence-corrected chi connectivity index (χ0v) is 9.71. The fourth-order valence-corrected chi connectivity index (χ4v) is 1.85. The summed E-state index contributed by atoms with van der Waals surface area (Å²) < 4.78 is 1.11. The van der Waals surface area contributed by atoms with Gasteiger partial charge >= 0.3 is 0 Å². The largest absolute Gasteiger partial charge is 0.324 e. The molecule has 72 valence electrons. The topological polar surface area (TPSA) is 26.0 Å². The third kappa shape index (κ3) is 2.55. The van der Waals surface area contributed by atoms with E-state index in [2.05, 4.69) is 35.8 Å². The molecule has 1 unspecified atom stereocenters. The molecule has 0 heterocycles. The molecule has 0 spiro atoms. The van der Waals surface area contributed by atoms with Crippen LogP contribution < -0.4 is 5.73 Å². The first kappa shape index (κ1) is 10.7. The van der Waals surface area contributed by atoms with E-state index in [-0.39, 0.29) is 6.04 Å². The predicted octanol–water partition coefficient (Wildman–Crippen LogP) is 3.50. The molecule has 0 aliphatic carbocycles. The standard InChI is InChI=1S/C11H16BrN/c1-3-8(2)11(13)9-6-4-5-7-10(9)12/h4-8,11H,3,13H2,1-2H3/t8?,11-/m0/s1. The minimum Gasteiger partial charge on any atom is -0.324 e. The van der Waals surface area contributed by atoms with E-state index >= 15 is 0 Å². The first-order valence-corrected chi connectivity index (χ1v) is 5.46. The Balaban J connectivity index is 2.88. The normalized spacial score (nSPS) is 15.4. The van der Waals surface area contributed by atoms with Gasteiger partial charge in [-0.2, -0.15) is 0 Å². The van der Waals surface area contributed by atoms with Gasteiger partial charge < -0.3 is 5.73 Å². The summed E-state index contributed by atoms with van der Waals surface area (Å²) in [5.74, 6) is 0.527. The van der Waals surface area contributed by atoms with Crippen molar-refractivity contribution in [2.45, 2.75) is 26.3 Å². The molecule has 0 aliphatic heterocycles. The third-order valence-electron chi connectivity index (χ3n) is 2.52. The zero-order valence-electron chi connectivity index (χ0n) is 8.13. The minimum atomic E-state index is 0.139. The van der Waals surface area contributed by atoms with E-state index in [4.69, 9.17) is 5.73 Å². The van der Waals surface area contributed by atoms with Gasteiger partial charge in [0.2, 0.25) is 0 Å². The minimum absolute atomic E-state index is 0.139. The van der Waals surface area contributed by atoms with Crippen molar-refractivity contribution < 1.29 is 0 Å². The Labute approximate surface area is 88.5 Å². The van der Waals surface area contributed by atoms with E-state index < -0.39 is 0 Å². The van der Waals surface area contributed by atoms with Crippen LogP contribution in [0.1, 0.15) is 31.9 Å². The third-order valence-corrected chi connectivity index (χ3v) is 3.24. The van der Waals surface area contributed by atoms with Crippen molar-refractivity contribution in [3.8, 4) is 0 Å². The first-order chi connectivity index (χ1) is 6.16. The molecular weight excluding hydrogens is 226 g/mol. The highest BCUT2D eigenvalue weighted by molar-refractivity contribution is 9.10. The van der Waals surface area contributed by atoms with Crippen molar-refractivity contribution in [3.63, 3.8) is 0 Å². The molecule has 2 atom stereocenters. The Morgan fingerprint density at radius 2 is 2.00 bits per heavy atom. The lowest BCUT2D eigenvalue weighted by molar-refractivity contribution is 0.455. The molecule has 2 N–H and O–H groups in total. The molecule has 0 fully saturated rings. The monoisotopic (exact) mass is 241 g/mol. The van der Waals surface area contributed by atoms with Crippen molar-refractivity contribution >= 4 is 15.9 Å². The lowest BCUT2D eigenvalue weighted by atomic mass is 9.93. The molecule has 0 saturated carbocycles. The fourth-order valence-electron chi connectivity index (χ4n) is 1.31. The summed E-state index contributed by atoms with van der Waals surface area (Å²) in [6.45, 7) is 4.35. The summed E-state index contributed by atoms with van der Waals surface area (Å²) in [5, 5.41) is 0. The maximum Gasteiger partial charge on any atom is 0.0332 e. The van der Waals surface area contributed by atoms with Crippen LogP contribution in [0.4, 0.5) is 0 Å². The van der Waals surface area contributed by atoms with E-state index in [0.29, 0.717) is 5.92 Å². The van der Waals surface area contributed by atoms with Crippen LogP contribution in [-0.4, -0.2) is 0 Å². The van der Waals surface area contributed by atoms with Gasteiger partial charge in [0.15, 0.2) is 0 Å². The van der Waals surface area contributed by atoms with Crippen LogP contribution in [0.5, 0.6) is 0 Å². The van der Waals surface area contributed by atoms with Crippen molar-refractivity contribution in [2.24, 2.45) is 11.7 Å². The number of benzene rings is 1. The summed E-state index contributed by atoms with van der Waals surface area (Å²) in [7, 11) is 0. The van der Waals surface area contributed by atoms with Crippen molar-refractivity contribution in [3.05, 3.63) is 34.3 Å². The van der Waals surface area contributed by atoms with Gasteiger partial charge in [0.05, 0.1) is 0 Å². The van der Waals surface area contributed by atoms with E-state index in [1.165, 1.54) is 5.56 Å². The first-order valence-electron chi connectivity index (χ1n) is 4.66. The van der Waals surface area contributed by atoms with Crippen LogP contribution in [0.15, 0.2) is 28.7 Å². The molecule has 0 saturated heterocycles. The summed E-state index contributed by atoms with van der Waals surface area (Å²) in [6, 6.07) is 8.30. The maximum absolute atomic E-state index is 6.12. The Hall–Kier alpha value is -0.340. The SMILES string of the molecule is CCC(C)[C@H](N)c1ccccc1Br. The van der Waals surface area contributed by atoms with Crippen LogP contribution in [0.2, 0.25) is 0 Å². The van der Waals surface area contributed by atoms with Crippen LogP contribution >= 0.6 is 15.9 Å². The lowest BCUT2D eigenvalue weighted by Gasteiger charge is -2.19. The highest BCUT2D eigenvalue weighted by Crippen LogP contribution is 2.27. The Bertz CT molecular complexity index is 273. The summed E-state index contributed by atoms with van der Waals surface area (Å²) in [4.78, 5) is 0. The van der Waals surface area contributed by atoms with Gasteiger partial charge in [-0.05, 0) is 17.5 Å². The Morgan fingerprint density at radius 3 is 2.54 bits per heavy atom. The lowest BCUT2D eigenvalue weighted by Crippen LogP contribution is -2.18. The van der Waals surface area contributed by atoms with E-state index in [0.717, 1.165) is 10.9 Å². The molecule has 0 radical (unpaired) electrons. The average molecular weight is 242 g/mol. The molecular formula is C11H16BrN. The number of halogens is 1. The molecule has 0 bridgehead atoms. The van der Waals surface area contributed by atoms with Gasteiger partial charge in [0, 0.05) is 10.5 Å². The average Bonchev–Trinajstić information content (AvgIpc) is 2.16. The second-order valence-corrected chi connectivity index (χ2v) is 4.29. The molecule has 0 aliphatic rings. The van der Waals surface area contributed by atoms with Gasteiger partial charge in [-0.3, -0.25) is 0 Å². The number of rotatable bonds is 3. The number of hydrogen-bond donors (Lipinski definition) is 1. The van der Waals surface area contributed by atoms with Crippen LogP contribution in [0, 0.1) is 5.92 Å². The van der Waals surface area contributed by atoms with Crippen LogP contribution in [0.25, 0.3) is 0 Å². The smallest absolute Gasteiger partial charge is 0.0332 e. The van der Waals surface area contributed by atoms with E-state index in [1.54, 1.807) is 0 Å². The maximum atomic E-state index is 6.12. The highest BCUT2D eigenvalue weighted by atomic mass is 79.9. The predicted molar refractivity (Wildman–Crippen MR) is 60.5 cm³/mol. The van der Waals surface area contributed by atoms with Crippen molar-refractivity contribution in [1.29, 1.82) is 0 Å². The molecule has 0 amide bonds. The second-order valence-electron chi connectivity index (χ2n) is 3.43. The summed E-state index contributed by atoms with van der Waals surface area (Å²) in [5.41, 5.74) is 7.33. The molecule has 13 heavy (non-hydrogen) atoms. The molecule has 1 aromatic rings. The second kappa shape index (κ2) is 4.77. The summed E-state index contributed by atoms with van der Waals surface area (Å²) >= 11 is 3.51. The number of hydrogen-bond acceptors (Lipinski definition) is 1. The Morgan fingerprint density at radius 1 is 1.38 bits per heavy atom. The van der Waals surface area contributed by atoms with Crippen LogP contribution in [-0.2, 0) is 0 Å². The van der Waals surface area contributed by atoms with Crippen molar-refractivity contribution in [2.75, 3.05) is 0 Å². The van der Waals surface area contributed by atoms with Crippen molar-refractivity contribution in [1.82, 2.24) is 0 Å². The zero-order chi connectivity index (χ0) is 9.84. The fraction of sp³-hybridized carbons (Fsp3) is 0.455. The molecule has 1 aromatic carbocycles. The Kier molecular flexibility index (Phi) is 3.94.